The van der Waals surface area contributed by atoms with Crippen molar-refractivity contribution in [2.75, 3.05) is 26.2 Å². The van der Waals surface area contributed by atoms with Gasteiger partial charge in [0.1, 0.15) is 12.1 Å². The van der Waals surface area contributed by atoms with Crippen molar-refractivity contribution in [3.63, 3.8) is 0 Å². The largest absolute Gasteiger partial charge is 0.481 e. The molecule has 2 heterocycles. The number of amides is 1. The van der Waals surface area contributed by atoms with E-state index in [0.29, 0.717) is 18.8 Å². The van der Waals surface area contributed by atoms with Crippen molar-refractivity contribution < 1.29 is 9.53 Å². The van der Waals surface area contributed by atoms with Gasteiger partial charge in [-0.2, -0.15) is 0 Å². The summed E-state index contributed by atoms with van der Waals surface area (Å²) in [6.07, 6.45) is 0.961. The minimum atomic E-state index is -0.556. The summed E-state index contributed by atoms with van der Waals surface area (Å²) in [5.41, 5.74) is 2.08. The molecule has 1 amide bonds. The van der Waals surface area contributed by atoms with Gasteiger partial charge in [0.15, 0.2) is 6.10 Å². The Balaban J connectivity index is 1.30. The lowest BCUT2D eigenvalue weighted by atomic mass is 10.2. The monoisotopic (exact) mass is 392 g/mol. The van der Waals surface area contributed by atoms with Crippen molar-refractivity contribution in [3.05, 3.63) is 66.5 Å². The molecule has 1 fully saturated rings. The normalized spacial score (nSPS) is 15.8. The minimum absolute atomic E-state index is 0.0113. The van der Waals surface area contributed by atoms with E-state index in [9.17, 15) is 4.79 Å². The molecule has 2 aromatic carbocycles. The second-order valence-electron chi connectivity index (χ2n) is 7.10. The molecule has 3 aromatic rings. The summed E-state index contributed by atoms with van der Waals surface area (Å²) in [5.74, 6) is 0.624. The number of benzene rings is 2. The molecule has 0 saturated carbocycles. The fourth-order valence-corrected chi connectivity index (χ4v) is 3.46. The topological polar surface area (TPSA) is 76.4 Å². The van der Waals surface area contributed by atoms with Crippen molar-refractivity contribution >= 4 is 5.91 Å². The zero-order valence-corrected chi connectivity index (χ0v) is 16.4. The number of hydrogen-bond donors (Lipinski definition) is 0. The molecule has 0 N–H and O–H groups in total. The lowest BCUT2D eigenvalue weighted by molar-refractivity contribution is -0.139. The lowest BCUT2D eigenvalue weighted by Crippen LogP contribution is -2.51. The van der Waals surface area contributed by atoms with Crippen LogP contribution in [0.3, 0.4) is 0 Å². The quantitative estimate of drug-likeness (QED) is 0.636. The van der Waals surface area contributed by atoms with Gasteiger partial charge in [-0.1, -0.05) is 36.4 Å². The predicted octanol–water partition coefficient (Wildman–Crippen LogP) is 1.77. The summed E-state index contributed by atoms with van der Waals surface area (Å²) in [5, 5.41) is 11.1. The van der Waals surface area contributed by atoms with Crippen LogP contribution in [0.25, 0.3) is 5.69 Å². The van der Waals surface area contributed by atoms with Gasteiger partial charge in [-0.3, -0.25) is 9.69 Å². The third-order valence-corrected chi connectivity index (χ3v) is 5.02. The number of tetrazole rings is 1. The molecular weight excluding hydrogens is 368 g/mol. The number of piperazine rings is 1. The first-order chi connectivity index (χ1) is 14.2. The molecule has 150 valence electrons. The zero-order valence-electron chi connectivity index (χ0n) is 16.4. The molecule has 1 aromatic heterocycles. The average molecular weight is 392 g/mol. The highest BCUT2D eigenvalue weighted by Crippen LogP contribution is 2.18. The molecule has 4 rings (SSSR count). The van der Waals surface area contributed by atoms with Crippen molar-refractivity contribution in [1.82, 2.24) is 30.0 Å². The minimum Gasteiger partial charge on any atom is -0.481 e. The van der Waals surface area contributed by atoms with Crippen LogP contribution in [0.1, 0.15) is 12.5 Å². The van der Waals surface area contributed by atoms with Gasteiger partial charge in [0, 0.05) is 38.8 Å². The predicted molar refractivity (Wildman–Crippen MR) is 108 cm³/mol. The van der Waals surface area contributed by atoms with Gasteiger partial charge in [0.2, 0.25) is 0 Å². The van der Waals surface area contributed by atoms with Gasteiger partial charge in [0.05, 0.1) is 5.69 Å². The maximum Gasteiger partial charge on any atom is 0.263 e. The molecule has 1 saturated heterocycles. The van der Waals surface area contributed by atoms with E-state index in [0.717, 1.165) is 25.3 Å². The highest BCUT2D eigenvalue weighted by molar-refractivity contribution is 5.81. The number of carbonyl (C=O) groups excluding carboxylic acids is 1. The number of rotatable bonds is 6. The van der Waals surface area contributed by atoms with E-state index in [1.165, 1.54) is 11.9 Å². The number of aromatic nitrogens is 4. The molecule has 1 atom stereocenters. The van der Waals surface area contributed by atoms with Gasteiger partial charge in [-0.15, -0.1) is 5.10 Å². The van der Waals surface area contributed by atoms with Crippen LogP contribution in [0.15, 0.2) is 60.9 Å². The van der Waals surface area contributed by atoms with Crippen LogP contribution < -0.4 is 4.74 Å². The average Bonchev–Trinajstić information content (AvgIpc) is 3.30. The van der Waals surface area contributed by atoms with E-state index < -0.39 is 6.10 Å². The molecule has 0 spiro atoms. The standard InChI is InChI=1S/C21H24N6O2/c1-17(29-20-9-5-8-19(14-20)27-16-22-23-24-27)21(28)26-12-10-25(11-13-26)15-18-6-3-2-4-7-18/h2-9,14,16-17H,10-13,15H2,1H3/t17-/m1/s1. The van der Waals surface area contributed by atoms with Crippen LogP contribution in [-0.2, 0) is 11.3 Å². The Morgan fingerprint density at radius 3 is 2.59 bits per heavy atom. The molecule has 0 bridgehead atoms. The smallest absolute Gasteiger partial charge is 0.263 e. The molecule has 0 aliphatic carbocycles. The van der Waals surface area contributed by atoms with Gasteiger partial charge in [-0.05, 0) is 35.0 Å². The Kier molecular flexibility index (Phi) is 5.81. The van der Waals surface area contributed by atoms with Gasteiger partial charge >= 0.3 is 0 Å². The van der Waals surface area contributed by atoms with Crippen LogP contribution in [0, 0.1) is 0 Å². The van der Waals surface area contributed by atoms with Crippen molar-refractivity contribution in [2.24, 2.45) is 0 Å². The molecule has 0 radical (unpaired) electrons. The number of hydrogen-bond acceptors (Lipinski definition) is 6. The van der Waals surface area contributed by atoms with Gasteiger partial charge in [0.25, 0.3) is 5.91 Å². The van der Waals surface area contributed by atoms with E-state index in [-0.39, 0.29) is 5.91 Å². The molecule has 0 unspecified atom stereocenters. The third-order valence-electron chi connectivity index (χ3n) is 5.02. The van der Waals surface area contributed by atoms with E-state index in [2.05, 4.69) is 44.7 Å². The van der Waals surface area contributed by atoms with Crippen LogP contribution in [0.4, 0.5) is 0 Å². The zero-order chi connectivity index (χ0) is 20.1. The van der Waals surface area contributed by atoms with Crippen LogP contribution >= 0.6 is 0 Å². The molecule has 1 aliphatic heterocycles. The molecular formula is C21H24N6O2. The SMILES string of the molecule is C[C@@H](Oc1cccc(-n2cnnn2)c1)C(=O)N1CCN(Cc2ccccc2)CC1. The van der Waals surface area contributed by atoms with Gasteiger partial charge in [-0.25, -0.2) is 4.68 Å². The Bertz CT molecular complexity index is 923. The van der Waals surface area contributed by atoms with Gasteiger partial charge < -0.3 is 9.64 Å². The van der Waals surface area contributed by atoms with E-state index in [1.54, 1.807) is 11.6 Å². The van der Waals surface area contributed by atoms with Crippen molar-refractivity contribution in [3.8, 4) is 11.4 Å². The van der Waals surface area contributed by atoms with E-state index >= 15 is 0 Å². The second kappa shape index (κ2) is 8.83. The summed E-state index contributed by atoms with van der Waals surface area (Å²) < 4.78 is 7.45. The molecule has 8 heteroatoms. The van der Waals surface area contributed by atoms with Crippen LogP contribution in [-0.4, -0.2) is 68.2 Å². The molecule has 8 nitrogen and oxygen atoms in total. The maximum absolute atomic E-state index is 12.8. The van der Waals surface area contributed by atoms with E-state index in [1.807, 2.05) is 35.2 Å². The Labute approximate surface area is 169 Å². The second-order valence-corrected chi connectivity index (χ2v) is 7.10. The molecule has 1 aliphatic rings. The number of nitrogens with zero attached hydrogens (tertiary/aromatic N) is 6. The van der Waals surface area contributed by atoms with E-state index in [4.69, 9.17) is 4.74 Å². The Morgan fingerprint density at radius 1 is 1.07 bits per heavy atom. The first kappa shape index (κ1) is 19.1. The first-order valence-corrected chi connectivity index (χ1v) is 9.74. The fourth-order valence-electron chi connectivity index (χ4n) is 3.46. The lowest BCUT2D eigenvalue weighted by Gasteiger charge is -2.35. The summed E-state index contributed by atoms with van der Waals surface area (Å²) >= 11 is 0. The number of ether oxygens (including phenoxy) is 1. The molecule has 29 heavy (non-hydrogen) atoms. The Hall–Kier alpha value is -3.26. The summed E-state index contributed by atoms with van der Waals surface area (Å²) in [6, 6.07) is 17.8. The first-order valence-electron chi connectivity index (χ1n) is 9.74. The van der Waals surface area contributed by atoms with Crippen LogP contribution in [0.2, 0.25) is 0 Å². The summed E-state index contributed by atoms with van der Waals surface area (Å²) in [4.78, 5) is 17.1. The Morgan fingerprint density at radius 2 is 1.86 bits per heavy atom. The van der Waals surface area contributed by atoms with Crippen molar-refractivity contribution in [1.29, 1.82) is 0 Å². The maximum atomic E-state index is 12.8. The summed E-state index contributed by atoms with van der Waals surface area (Å²) in [7, 11) is 0. The highest BCUT2D eigenvalue weighted by atomic mass is 16.5. The number of carbonyl (C=O) groups is 1. The van der Waals surface area contributed by atoms with Crippen LogP contribution in [0.5, 0.6) is 5.75 Å². The summed E-state index contributed by atoms with van der Waals surface area (Å²) in [6.45, 7) is 5.86. The van der Waals surface area contributed by atoms with Crippen molar-refractivity contribution in [2.45, 2.75) is 19.6 Å². The highest BCUT2D eigenvalue weighted by Gasteiger charge is 2.26. The fraction of sp³-hybridized carbons (Fsp3) is 0.333. The third kappa shape index (κ3) is 4.78.